The van der Waals surface area contributed by atoms with Gasteiger partial charge in [0.05, 0.1) is 37.2 Å². The summed E-state index contributed by atoms with van der Waals surface area (Å²) in [7, 11) is 4.98. The average Bonchev–Trinajstić information content (AvgIpc) is 4.09. The first-order valence-corrected chi connectivity index (χ1v) is 25.3. The smallest absolute Gasteiger partial charge is 0.203 e. The third kappa shape index (κ3) is 8.52. The molecule has 0 spiro atoms. The Morgan fingerprint density at radius 2 is 1.00 bits per heavy atom. The number of unbranched alkanes of at least 4 members (excludes halogenated alkanes) is 2. The van der Waals surface area contributed by atoms with Crippen LogP contribution in [0.25, 0.3) is 87.4 Å². The molecule has 3 heterocycles. The van der Waals surface area contributed by atoms with Crippen molar-refractivity contribution in [2.24, 2.45) is 11.8 Å². The van der Waals surface area contributed by atoms with Crippen LogP contribution in [0.4, 0.5) is 0 Å². The summed E-state index contributed by atoms with van der Waals surface area (Å²) >= 11 is 1.54. The van der Waals surface area contributed by atoms with Gasteiger partial charge in [0.1, 0.15) is 0 Å². The van der Waals surface area contributed by atoms with Gasteiger partial charge in [-0.3, -0.25) is 4.79 Å². The van der Waals surface area contributed by atoms with Crippen LogP contribution in [0.2, 0.25) is 0 Å². The number of rotatable bonds is 20. The SMILES string of the molecule is CCCCC(CC)Cn1c2ccccc2c2c(-c3ccc(-c4ccc(C=O)s4)cc3)c3c(c(-c4ccc(-c5cc(OC)c(OC)c(OC)c5)cc4)c21)c1ccccc1n3CC(CC)CCCC. The zero-order chi connectivity index (χ0) is 46.6. The number of para-hydroxylation sites is 2. The van der Waals surface area contributed by atoms with Crippen LogP contribution in [-0.2, 0) is 13.1 Å². The van der Waals surface area contributed by atoms with Crippen molar-refractivity contribution in [1.82, 2.24) is 9.13 Å². The largest absolute Gasteiger partial charge is 0.493 e. The molecule has 0 aliphatic carbocycles. The van der Waals surface area contributed by atoms with Crippen molar-refractivity contribution in [3.8, 4) is 61.1 Å². The number of carbonyl (C=O) groups is 1. The first-order valence-electron chi connectivity index (χ1n) is 24.4. The van der Waals surface area contributed by atoms with E-state index in [1.54, 1.807) is 32.7 Å². The summed E-state index contributed by atoms with van der Waals surface area (Å²) in [4.78, 5) is 13.6. The van der Waals surface area contributed by atoms with E-state index < -0.39 is 0 Å². The summed E-state index contributed by atoms with van der Waals surface area (Å²) in [5, 5.41) is 5.16. The van der Waals surface area contributed by atoms with Crippen molar-refractivity contribution < 1.29 is 19.0 Å². The normalized spacial score (nSPS) is 12.6. The molecular weight excluding hydrogens is 845 g/mol. The number of hydrogen-bond donors (Lipinski definition) is 0. The number of ether oxygens (including phenoxy) is 3. The maximum atomic E-state index is 11.7. The van der Waals surface area contributed by atoms with E-state index in [1.165, 1.54) is 104 Å². The molecule has 0 N–H and O–H groups in total. The lowest BCUT2D eigenvalue weighted by molar-refractivity contribution is 0.112. The van der Waals surface area contributed by atoms with Gasteiger partial charge in [0.25, 0.3) is 0 Å². The lowest BCUT2D eigenvalue weighted by atomic mass is 9.88. The minimum atomic E-state index is 0.528. The first-order chi connectivity index (χ1) is 32.9. The molecule has 0 fully saturated rings. The molecule has 0 amide bonds. The fraction of sp³-hybridized carbons (Fsp3) is 0.317. The Morgan fingerprint density at radius 1 is 0.537 bits per heavy atom. The Balaban J connectivity index is 1.41. The minimum Gasteiger partial charge on any atom is -0.493 e. The third-order valence-corrected chi connectivity index (χ3v) is 15.3. The summed E-state index contributed by atoms with van der Waals surface area (Å²) in [5.74, 6) is 2.90. The van der Waals surface area contributed by atoms with Crippen molar-refractivity contribution in [2.75, 3.05) is 21.3 Å². The maximum absolute atomic E-state index is 11.7. The van der Waals surface area contributed by atoms with Gasteiger partial charge >= 0.3 is 0 Å². The highest BCUT2D eigenvalue weighted by molar-refractivity contribution is 7.17. The Morgan fingerprint density at radius 3 is 1.42 bits per heavy atom. The van der Waals surface area contributed by atoms with E-state index in [2.05, 4.69) is 140 Å². The molecular formula is C60H64N2O4S. The molecule has 3 aromatic heterocycles. The van der Waals surface area contributed by atoms with Crippen LogP contribution in [0.15, 0.2) is 121 Å². The molecule has 9 rings (SSSR count). The Labute approximate surface area is 400 Å². The number of aromatic nitrogens is 2. The summed E-state index contributed by atoms with van der Waals surface area (Å²) in [6.45, 7) is 11.2. The Kier molecular flexibility index (Phi) is 13.9. The fourth-order valence-corrected chi connectivity index (χ4v) is 11.4. The van der Waals surface area contributed by atoms with Crippen LogP contribution in [0.3, 0.4) is 0 Å². The van der Waals surface area contributed by atoms with Crippen molar-refractivity contribution in [3.05, 3.63) is 126 Å². The highest BCUT2D eigenvalue weighted by atomic mass is 32.1. The predicted octanol–water partition coefficient (Wildman–Crippen LogP) is 16.9. The second-order valence-corrected chi connectivity index (χ2v) is 19.3. The molecule has 6 aromatic carbocycles. The monoisotopic (exact) mass is 908 g/mol. The van der Waals surface area contributed by atoms with Gasteiger partial charge in [-0.1, -0.05) is 151 Å². The summed E-state index contributed by atoms with van der Waals surface area (Å²) in [6, 6.07) is 44.7. The molecule has 9 aromatic rings. The van der Waals surface area contributed by atoms with E-state index in [-0.39, 0.29) is 0 Å². The minimum absolute atomic E-state index is 0.528. The molecule has 0 aliphatic rings. The van der Waals surface area contributed by atoms with Crippen LogP contribution < -0.4 is 14.2 Å². The van der Waals surface area contributed by atoms with Gasteiger partial charge in [0.15, 0.2) is 17.8 Å². The Hall–Kier alpha value is -6.31. The van der Waals surface area contributed by atoms with Gasteiger partial charge in [-0.15, -0.1) is 11.3 Å². The molecule has 0 bridgehead atoms. The number of aldehydes is 1. The van der Waals surface area contributed by atoms with Crippen LogP contribution in [0.1, 0.15) is 88.7 Å². The molecule has 2 unspecified atom stereocenters. The number of thiophene rings is 1. The first kappa shape index (κ1) is 45.8. The van der Waals surface area contributed by atoms with Gasteiger partial charge < -0.3 is 23.3 Å². The van der Waals surface area contributed by atoms with Crippen LogP contribution in [0.5, 0.6) is 17.2 Å². The molecule has 0 saturated carbocycles. The van der Waals surface area contributed by atoms with Crippen LogP contribution in [-0.4, -0.2) is 36.7 Å². The highest BCUT2D eigenvalue weighted by Crippen LogP contribution is 2.52. The van der Waals surface area contributed by atoms with Gasteiger partial charge in [0.2, 0.25) is 5.75 Å². The number of benzene rings is 6. The van der Waals surface area contributed by atoms with Gasteiger partial charge in [-0.2, -0.15) is 0 Å². The number of nitrogens with zero attached hydrogens (tertiary/aromatic N) is 2. The molecule has 2 atom stereocenters. The third-order valence-electron chi connectivity index (χ3n) is 14.3. The maximum Gasteiger partial charge on any atom is 0.203 e. The molecule has 0 radical (unpaired) electrons. The van der Waals surface area contributed by atoms with E-state index in [9.17, 15) is 4.79 Å². The van der Waals surface area contributed by atoms with E-state index in [0.717, 1.165) is 58.7 Å². The van der Waals surface area contributed by atoms with E-state index >= 15 is 0 Å². The summed E-state index contributed by atoms with van der Waals surface area (Å²) < 4.78 is 22.7. The summed E-state index contributed by atoms with van der Waals surface area (Å²) in [5.41, 5.74) is 13.2. The molecule has 7 heteroatoms. The highest BCUT2D eigenvalue weighted by Gasteiger charge is 2.29. The van der Waals surface area contributed by atoms with E-state index in [0.29, 0.717) is 29.1 Å². The number of fused-ring (bicyclic) bond motifs is 6. The zero-order valence-electron chi connectivity index (χ0n) is 40.3. The second kappa shape index (κ2) is 20.3. The number of methoxy groups -OCH3 is 3. The van der Waals surface area contributed by atoms with Crippen LogP contribution in [0, 0.1) is 11.8 Å². The molecule has 0 aliphatic heterocycles. The Bertz CT molecular complexity index is 3140. The molecule has 67 heavy (non-hydrogen) atoms. The zero-order valence-corrected chi connectivity index (χ0v) is 41.1. The van der Waals surface area contributed by atoms with Crippen LogP contribution >= 0.6 is 11.3 Å². The van der Waals surface area contributed by atoms with E-state index in [4.69, 9.17) is 14.2 Å². The second-order valence-electron chi connectivity index (χ2n) is 18.2. The molecule has 6 nitrogen and oxygen atoms in total. The number of carbonyl (C=O) groups excluding carboxylic acids is 1. The van der Waals surface area contributed by atoms with Gasteiger partial charge in [-0.05, 0) is 88.9 Å². The van der Waals surface area contributed by atoms with Crippen molar-refractivity contribution in [1.29, 1.82) is 0 Å². The lowest BCUT2D eigenvalue weighted by Gasteiger charge is -2.22. The van der Waals surface area contributed by atoms with E-state index in [1.807, 2.05) is 18.2 Å². The fourth-order valence-electron chi connectivity index (χ4n) is 10.6. The molecule has 344 valence electrons. The van der Waals surface area contributed by atoms with Gasteiger partial charge in [-0.25, -0.2) is 0 Å². The van der Waals surface area contributed by atoms with Crippen molar-refractivity contribution >= 4 is 61.2 Å². The topological polar surface area (TPSA) is 54.6 Å². The summed E-state index contributed by atoms with van der Waals surface area (Å²) in [6.07, 6.45) is 10.4. The predicted molar refractivity (Wildman–Crippen MR) is 284 cm³/mol. The van der Waals surface area contributed by atoms with Crippen molar-refractivity contribution in [2.45, 2.75) is 92.2 Å². The average molecular weight is 909 g/mol. The number of hydrogen-bond acceptors (Lipinski definition) is 5. The standard InChI is InChI=1S/C60H64N2O4S/c1-8-12-18-39(10-3)36-61-50-23-17-15-21-48(50)57-55(44-30-26-42(27-31-44)53-33-32-46(38-63)67-53)59-56(47-20-14-16-22-49(47)62(59)37-40(11-4)19-13-9-2)54(58(57)61)43-28-24-41(25-29-43)45-34-51(64-5)60(66-7)52(35-45)65-6/h14-17,20-35,38-40H,8-13,18-19,36-37H2,1-7H3. The quantitative estimate of drug-likeness (QED) is 0.0715. The van der Waals surface area contributed by atoms with Crippen molar-refractivity contribution in [3.63, 3.8) is 0 Å². The lowest BCUT2D eigenvalue weighted by Crippen LogP contribution is -2.11. The molecule has 0 saturated heterocycles. The van der Waals surface area contributed by atoms with Gasteiger partial charge in [0, 0.05) is 61.7 Å².